The van der Waals surface area contributed by atoms with Gasteiger partial charge in [-0.05, 0) is 69.5 Å². The Hall–Kier alpha value is -4.94. The molecule has 2 aliphatic rings. The van der Waals surface area contributed by atoms with Crippen molar-refractivity contribution in [3.63, 3.8) is 0 Å². The fourth-order valence-electron chi connectivity index (χ4n) is 8.08. The first-order chi connectivity index (χ1) is 21.2. The summed E-state index contributed by atoms with van der Waals surface area (Å²) in [6, 6.07) is 54.6. The minimum Gasteiger partial charge on any atom is -0.0751 e. The van der Waals surface area contributed by atoms with Crippen molar-refractivity contribution >= 4 is 6.08 Å². The van der Waals surface area contributed by atoms with E-state index >= 15 is 0 Å². The van der Waals surface area contributed by atoms with Gasteiger partial charge in [-0.3, -0.25) is 0 Å². The van der Waals surface area contributed by atoms with Crippen LogP contribution in [0.3, 0.4) is 0 Å². The van der Waals surface area contributed by atoms with Crippen LogP contribution in [-0.2, 0) is 5.41 Å². The summed E-state index contributed by atoms with van der Waals surface area (Å²) in [5.41, 5.74) is 15.8. The van der Waals surface area contributed by atoms with E-state index in [2.05, 4.69) is 172 Å². The maximum atomic E-state index is 2.50. The van der Waals surface area contributed by atoms with Crippen molar-refractivity contribution in [2.45, 2.75) is 31.1 Å². The Morgan fingerprint density at radius 2 is 1.02 bits per heavy atom. The van der Waals surface area contributed by atoms with Crippen LogP contribution in [0.4, 0.5) is 0 Å². The van der Waals surface area contributed by atoms with Crippen molar-refractivity contribution in [3.05, 3.63) is 196 Å². The van der Waals surface area contributed by atoms with Gasteiger partial charge in [0.1, 0.15) is 0 Å². The zero-order valence-corrected chi connectivity index (χ0v) is 24.7. The summed E-state index contributed by atoms with van der Waals surface area (Å²) < 4.78 is 0. The maximum absolute atomic E-state index is 2.50. The van der Waals surface area contributed by atoms with Crippen molar-refractivity contribution in [2.75, 3.05) is 0 Å². The molecule has 206 valence electrons. The lowest BCUT2D eigenvalue weighted by atomic mass is 9.55. The van der Waals surface area contributed by atoms with Crippen LogP contribution in [0.2, 0.25) is 0 Å². The quantitative estimate of drug-likeness (QED) is 0.200. The molecule has 0 aromatic heterocycles. The summed E-state index contributed by atoms with van der Waals surface area (Å²) in [5.74, 6) is 0.222. The fraction of sp³-hybridized carbons (Fsp3) is 0.116. The van der Waals surface area contributed by atoms with E-state index in [1.54, 1.807) is 0 Å². The molecule has 6 aromatic rings. The van der Waals surface area contributed by atoms with Crippen LogP contribution < -0.4 is 0 Å². The molecule has 0 heterocycles. The Labute approximate surface area is 255 Å². The van der Waals surface area contributed by atoms with Gasteiger partial charge in [-0.2, -0.15) is 0 Å². The van der Waals surface area contributed by atoms with Gasteiger partial charge < -0.3 is 0 Å². The van der Waals surface area contributed by atoms with Crippen molar-refractivity contribution in [1.29, 1.82) is 0 Å². The van der Waals surface area contributed by atoms with Gasteiger partial charge in [0.05, 0.1) is 0 Å². The highest BCUT2D eigenvalue weighted by Gasteiger charge is 2.53. The lowest BCUT2D eigenvalue weighted by molar-refractivity contribution is 0.417. The number of hydrogen-bond donors (Lipinski definition) is 0. The molecule has 1 atom stereocenters. The summed E-state index contributed by atoms with van der Waals surface area (Å²) in [7, 11) is 0. The summed E-state index contributed by atoms with van der Waals surface area (Å²) in [4.78, 5) is 0. The van der Waals surface area contributed by atoms with E-state index in [4.69, 9.17) is 0 Å². The minimum absolute atomic E-state index is 0.105. The van der Waals surface area contributed by atoms with Crippen LogP contribution in [-0.4, -0.2) is 0 Å². The monoisotopic (exact) mass is 550 g/mol. The Morgan fingerprint density at radius 3 is 1.58 bits per heavy atom. The smallest absolute Gasteiger partial charge is 0.0415 e. The number of allylic oxidation sites excluding steroid dienone is 1. The third kappa shape index (κ3) is 3.90. The van der Waals surface area contributed by atoms with Crippen LogP contribution in [0.5, 0.6) is 0 Å². The lowest BCUT2D eigenvalue weighted by Crippen LogP contribution is -2.40. The van der Waals surface area contributed by atoms with Gasteiger partial charge >= 0.3 is 0 Å². The molecule has 0 heteroatoms. The summed E-state index contributed by atoms with van der Waals surface area (Å²) in [6.45, 7) is 4.47. The van der Waals surface area contributed by atoms with Gasteiger partial charge in [-0.25, -0.2) is 0 Å². The Balaban J connectivity index is 1.53. The molecule has 43 heavy (non-hydrogen) atoms. The summed E-state index contributed by atoms with van der Waals surface area (Å²) in [6.07, 6.45) is 4.87. The summed E-state index contributed by atoms with van der Waals surface area (Å²) >= 11 is 0. The van der Waals surface area contributed by atoms with Gasteiger partial charge in [-0.1, -0.05) is 169 Å². The van der Waals surface area contributed by atoms with Crippen LogP contribution in [0.25, 0.3) is 28.3 Å². The Morgan fingerprint density at radius 1 is 0.488 bits per heavy atom. The molecule has 0 saturated heterocycles. The van der Waals surface area contributed by atoms with Crippen molar-refractivity contribution in [1.82, 2.24) is 0 Å². The first kappa shape index (κ1) is 25.7. The topological polar surface area (TPSA) is 0 Å². The standard InChI is InChI=1S/C43H34/c1-29-21-24-36-37-25-22-30(2)28-39(37)42(38(36)27-29)43(33-16-8-4-9-17-33,34-18-10-5-11-19-34)40-26-23-32-15-12-20-35(41(32)40)31-13-6-3-7-14-31/h3-28,40,42H,1-2H3. The SMILES string of the molecule is Cc1ccc2c(c1)C(C(c1ccccc1)(c1ccccc1)C1C=Cc3cccc(-c4ccccc4)c31)c1cc(C)ccc1-2. The molecule has 0 bridgehead atoms. The molecule has 0 spiro atoms. The highest BCUT2D eigenvalue weighted by molar-refractivity contribution is 5.84. The molecular weight excluding hydrogens is 516 g/mol. The molecule has 0 fully saturated rings. The first-order valence-electron chi connectivity index (χ1n) is 15.4. The number of aryl methyl sites for hydroxylation is 2. The van der Waals surface area contributed by atoms with Gasteiger partial charge in [0.25, 0.3) is 0 Å². The van der Waals surface area contributed by atoms with Crippen molar-refractivity contribution in [3.8, 4) is 22.3 Å². The number of rotatable bonds is 5. The van der Waals surface area contributed by atoms with E-state index < -0.39 is 5.41 Å². The number of benzene rings is 6. The Kier molecular flexibility index (Phi) is 6.05. The van der Waals surface area contributed by atoms with Gasteiger partial charge in [0, 0.05) is 17.3 Å². The second-order valence-electron chi connectivity index (χ2n) is 12.2. The van der Waals surface area contributed by atoms with Crippen LogP contribution >= 0.6 is 0 Å². The molecule has 0 amide bonds. The molecular formula is C43H34. The minimum atomic E-state index is -0.406. The number of fused-ring (bicyclic) bond motifs is 4. The van der Waals surface area contributed by atoms with E-state index in [1.165, 1.54) is 66.8 Å². The second kappa shape index (κ2) is 10.1. The largest absolute Gasteiger partial charge is 0.0751 e. The molecule has 6 aromatic carbocycles. The molecule has 0 aliphatic heterocycles. The molecule has 8 rings (SSSR count). The average molecular weight is 551 g/mol. The molecule has 2 aliphatic carbocycles. The molecule has 0 radical (unpaired) electrons. The number of hydrogen-bond acceptors (Lipinski definition) is 0. The molecule has 1 unspecified atom stereocenters. The average Bonchev–Trinajstić information content (AvgIpc) is 3.63. The van der Waals surface area contributed by atoms with E-state index in [0.717, 1.165) is 0 Å². The van der Waals surface area contributed by atoms with Crippen molar-refractivity contribution < 1.29 is 0 Å². The Bertz CT molecular complexity index is 1890. The lowest BCUT2D eigenvalue weighted by Gasteiger charge is -2.46. The van der Waals surface area contributed by atoms with E-state index in [-0.39, 0.29) is 11.8 Å². The summed E-state index contributed by atoms with van der Waals surface area (Å²) in [5, 5.41) is 0. The van der Waals surface area contributed by atoms with E-state index in [9.17, 15) is 0 Å². The molecule has 0 N–H and O–H groups in total. The van der Waals surface area contributed by atoms with E-state index in [0.29, 0.717) is 0 Å². The molecule has 0 saturated carbocycles. The zero-order chi connectivity index (χ0) is 29.0. The van der Waals surface area contributed by atoms with Gasteiger partial charge in [-0.15, -0.1) is 0 Å². The van der Waals surface area contributed by atoms with Gasteiger partial charge in [0.15, 0.2) is 0 Å². The normalized spacial score (nSPS) is 15.3. The zero-order valence-electron chi connectivity index (χ0n) is 24.7. The first-order valence-corrected chi connectivity index (χ1v) is 15.4. The fourth-order valence-corrected chi connectivity index (χ4v) is 8.08. The van der Waals surface area contributed by atoms with Crippen LogP contribution in [0.1, 0.15) is 56.3 Å². The van der Waals surface area contributed by atoms with E-state index in [1.807, 2.05) is 0 Å². The van der Waals surface area contributed by atoms with Crippen LogP contribution in [0, 0.1) is 13.8 Å². The third-order valence-electron chi connectivity index (χ3n) is 9.78. The second-order valence-corrected chi connectivity index (χ2v) is 12.2. The predicted octanol–water partition coefficient (Wildman–Crippen LogP) is 10.9. The third-order valence-corrected chi connectivity index (χ3v) is 9.78. The van der Waals surface area contributed by atoms with Crippen LogP contribution in [0.15, 0.2) is 152 Å². The highest BCUT2D eigenvalue weighted by Crippen LogP contribution is 2.63. The highest BCUT2D eigenvalue weighted by atomic mass is 14.5. The predicted molar refractivity (Wildman–Crippen MR) is 181 cm³/mol. The molecule has 0 nitrogen and oxygen atoms in total. The van der Waals surface area contributed by atoms with Gasteiger partial charge in [0.2, 0.25) is 0 Å². The van der Waals surface area contributed by atoms with Crippen molar-refractivity contribution in [2.24, 2.45) is 0 Å². The maximum Gasteiger partial charge on any atom is 0.0415 e.